The summed E-state index contributed by atoms with van der Waals surface area (Å²) < 4.78 is 3.37. The molecular formula is C17H24N2OS. The third-order valence-electron chi connectivity index (χ3n) is 3.33. The number of benzene rings is 1. The Hall–Kier alpha value is -1.26. The van der Waals surface area contributed by atoms with Crippen molar-refractivity contribution in [3.8, 4) is 0 Å². The summed E-state index contributed by atoms with van der Waals surface area (Å²) >= 11 is 1.61. The lowest BCUT2D eigenvalue weighted by atomic mass is 10.1. The minimum absolute atomic E-state index is 0.0731. The fraction of sp³-hybridized carbons (Fsp3) is 0.471. The highest BCUT2D eigenvalue weighted by Crippen LogP contribution is 2.42. The smallest absolute Gasteiger partial charge is 0.227 e. The van der Waals surface area contributed by atoms with Gasteiger partial charge in [0, 0.05) is 22.0 Å². The molecule has 1 aromatic carbocycles. The van der Waals surface area contributed by atoms with Gasteiger partial charge in [-0.3, -0.25) is 9.52 Å². The van der Waals surface area contributed by atoms with Gasteiger partial charge in [-0.1, -0.05) is 6.08 Å². The molecule has 1 saturated carbocycles. The van der Waals surface area contributed by atoms with Crippen LogP contribution in [0.3, 0.4) is 0 Å². The molecule has 1 aromatic rings. The first-order valence-electron chi connectivity index (χ1n) is 7.35. The second-order valence-corrected chi connectivity index (χ2v) is 7.47. The Labute approximate surface area is 131 Å². The van der Waals surface area contributed by atoms with Crippen molar-refractivity contribution in [3.05, 3.63) is 36.9 Å². The van der Waals surface area contributed by atoms with E-state index < -0.39 is 0 Å². The lowest BCUT2D eigenvalue weighted by Crippen LogP contribution is -2.29. The van der Waals surface area contributed by atoms with Crippen LogP contribution in [-0.2, 0) is 4.79 Å². The predicted octanol–water partition coefficient (Wildman–Crippen LogP) is 4.23. The molecule has 0 aromatic heterocycles. The zero-order valence-corrected chi connectivity index (χ0v) is 13.8. The Kier molecular flexibility index (Phi) is 5.12. The van der Waals surface area contributed by atoms with Crippen LogP contribution >= 0.6 is 11.9 Å². The fourth-order valence-corrected chi connectivity index (χ4v) is 2.79. The molecule has 2 atom stereocenters. The third-order valence-corrected chi connectivity index (χ3v) is 4.55. The molecule has 0 heterocycles. The number of amides is 1. The van der Waals surface area contributed by atoms with Crippen LogP contribution in [0.25, 0.3) is 0 Å². The van der Waals surface area contributed by atoms with Crippen LogP contribution in [0.2, 0.25) is 0 Å². The van der Waals surface area contributed by atoms with Crippen molar-refractivity contribution in [1.29, 1.82) is 0 Å². The molecule has 1 amide bonds. The van der Waals surface area contributed by atoms with Gasteiger partial charge < -0.3 is 5.32 Å². The SMILES string of the molecule is C=CC[C@H]1CC1C(=O)Nc1ccc(SNC(C)(C)C)cc1. The van der Waals surface area contributed by atoms with Crippen molar-refractivity contribution < 1.29 is 4.79 Å². The van der Waals surface area contributed by atoms with E-state index in [4.69, 9.17) is 0 Å². The van der Waals surface area contributed by atoms with Gasteiger partial charge >= 0.3 is 0 Å². The second-order valence-electron chi connectivity index (χ2n) is 6.59. The predicted molar refractivity (Wildman–Crippen MR) is 90.2 cm³/mol. The molecule has 4 heteroatoms. The van der Waals surface area contributed by atoms with Gasteiger partial charge in [0.05, 0.1) is 0 Å². The van der Waals surface area contributed by atoms with Crippen molar-refractivity contribution in [3.63, 3.8) is 0 Å². The van der Waals surface area contributed by atoms with Crippen LogP contribution in [0.5, 0.6) is 0 Å². The van der Waals surface area contributed by atoms with Crippen molar-refractivity contribution in [2.24, 2.45) is 11.8 Å². The summed E-state index contributed by atoms with van der Waals surface area (Å²) in [6.45, 7) is 10.1. The van der Waals surface area contributed by atoms with E-state index >= 15 is 0 Å². The Bertz CT molecular complexity index is 505. The summed E-state index contributed by atoms with van der Waals surface area (Å²) in [7, 11) is 0. The summed E-state index contributed by atoms with van der Waals surface area (Å²) in [6, 6.07) is 7.95. The third kappa shape index (κ3) is 5.21. The highest BCUT2D eigenvalue weighted by Gasteiger charge is 2.41. The van der Waals surface area contributed by atoms with E-state index in [0.717, 1.165) is 23.4 Å². The summed E-state index contributed by atoms with van der Waals surface area (Å²) in [5, 5.41) is 2.99. The van der Waals surface area contributed by atoms with Crippen molar-refractivity contribution in [2.75, 3.05) is 5.32 Å². The lowest BCUT2D eigenvalue weighted by Gasteiger charge is -2.19. The molecule has 2 rings (SSSR count). The van der Waals surface area contributed by atoms with E-state index in [1.807, 2.05) is 30.3 Å². The van der Waals surface area contributed by atoms with Crippen molar-refractivity contribution >= 4 is 23.5 Å². The monoisotopic (exact) mass is 304 g/mol. The van der Waals surface area contributed by atoms with Gasteiger partial charge in [0.2, 0.25) is 5.91 Å². The summed E-state index contributed by atoms with van der Waals surface area (Å²) in [6.07, 6.45) is 3.82. The fourth-order valence-electron chi connectivity index (χ4n) is 2.10. The maximum Gasteiger partial charge on any atom is 0.227 e. The first-order chi connectivity index (χ1) is 9.89. The lowest BCUT2D eigenvalue weighted by molar-refractivity contribution is -0.117. The van der Waals surface area contributed by atoms with E-state index in [9.17, 15) is 4.79 Å². The molecule has 114 valence electrons. The van der Waals surface area contributed by atoms with Crippen LogP contribution in [-0.4, -0.2) is 11.4 Å². The minimum atomic E-state index is 0.0731. The number of carbonyl (C=O) groups excluding carboxylic acids is 1. The van der Waals surface area contributed by atoms with E-state index in [2.05, 4.69) is 37.4 Å². The topological polar surface area (TPSA) is 41.1 Å². The molecule has 1 aliphatic rings. The zero-order chi connectivity index (χ0) is 15.5. The van der Waals surface area contributed by atoms with Gasteiger partial charge in [-0.25, -0.2) is 0 Å². The molecular weight excluding hydrogens is 280 g/mol. The first kappa shape index (κ1) is 16.1. The highest BCUT2D eigenvalue weighted by atomic mass is 32.2. The largest absolute Gasteiger partial charge is 0.326 e. The molecule has 0 bridgehead atoms. The Morgan fingerprint density at radius 1 is 1.38 bits per heavy atom. The van der Waals surface area contributed by atoms with E-state index in [1.165, 1.54) is 0 Å². The van der Waals surface area contributed by atoms with Gasteiger partial charge in [-0.05, 0) is 75.7 Å². The van der Waals surface area contributed by atoms with Gasteiger partial charge in [0.25, 0.3) is 0 Å². The number of hydrogen-bond acceptors (Lipinski definition) is 3. The molecule has 0 aliphatic heterocycles. The van der Waals surface area contributed by atoms with Crippen LogP contribution in [0.4, 0.5) is 5.69 Å². The number of allylic oxidation sites excluding steroid dienone is 1. The van der Waals surface area contributed by atoms with Crippen LogP contribution < -0.4 is 10.0 Å². The highest BCUT2D eigenvalue weighted by molar-refractivity contribution is 7.97. The van der Waals surface area contributed by atoms with Gasteiger partial charge in [0.1, 0.15) is 0 Å². The van der Waals surface area contributed by atoms with E-state index in [-0.39, 0.29) is 17.4 Å². The zero-order valence-electron chi connectivity index (χ0n) is 13.0. The van der Waals surface area contributed by atoms with Gasteiger partial charge in [-0.15, -0.1) is 6.58 Å². The molecule has 1 aliphatic carbocycles. The molecule has 0 radical (unpaired) electrons. The van der Waals surface area contributed by atoms with Crippen LogP contribution in [0, 0.1) is 11.8 Å². The Balaban J connectivity index is 1.82. The number of rotatable bonds is 6. The summed E-state index contributed by atoms with van der Waals surface area (Å²) in [4.78, 5) is 13.2. The van der Waals surface area contributed by atoms with Crippen LogP contribution in [0.1, 0.15) is 33.6 Å². The van der Waals surface area contributed by atoms with E-state index in [0.29, 0.717) is 5.92 Å². The summed E-state index contributed by atoms with van der Waals surface area (Å²) in [5.74, 6) is 0.794. The number of nitrogens with one attached hydrogen (secondary N) is 2. The van der Waals surface area contributed by atoms with E-state index in [1.54, 1.807) is 11.9 Å². The second kappa shape index (κ2) is 6.67. The number of hydrogen-bond donors (Lipinski definition) is 2. The molecule has 1 fully saturated rings. The maximum absolute atomic E-state index is 12.0. The van der Waals surface area contributed by atoms with Gasteiger partial charge in [-0.2, -0.15) is 0 Å². The van der Waals surface area contributed by atoms with Crippen molar-refractivity contribution in [2.45, 2.75) is 44.0 Å². The quantitative estimate of drug-likeness (QED) is 0.610. The van der Waals surface area contributed by atoms with Crippen LogP contribution in [0.15, 0.2) is 41.8 Å². The number of anilines is 1. The number of carbonyl (C=O) groups is 1. The average molecular weight is 304 g/mol. The Morgan fingerprint density at radius 3 is 2.62 bits per heavy atom. The standard InChI is InChI=1S/C17H24N2OS/c1-5-6-12-11-15(12)16(20)18-13-7-9-14(10-8-13)21-19-17(2,3)4/h5,7-10,12,15,19H,1,6,11H2,2-4H3,(H,18,20)/t12-,15?/m0/s1. The summed E-state index contributed by atoms with van der Waals surface area (Å²) in [5.41, 5.74) is 0.938. The normalized spacial score (nSPS) is 20.9. The average Bonchev–Trinajstić information content (AvgIpc) is 3.17. The maximum atomic E-state index is 12.0. The molecule has 2 N–H and O–H groups in total. The molecule has 1 unspecified atom stereocenters. The molecule has 0 spiro atoms. The Morgan fingerprint density at radius 2 is 2.05 bits per heavy atom. The van der Waals surface area contributed by atoms with Gasteiger partial charge in [0.15, 0.2) is 0 Å². The minimum Gasteiger partial charge on any atom is -0.326 e. The molecule has 21 heavy (non-hydrogen) atoms. The first-order valence-corrected chi connectivity index (χ1v) is 8.16. The molecule has 0 saturated heterocycles. The van der Waals surface area contributed by atoms with Crippen molar-refractivity contribution in [1.82, 2.24) is 4.72 Å². The molecule has 3 nitrogen and oxygen atoms in total.